The summed E-state index contributed by atoms with van der Waals surface area (Å²) in [5.74, 6) is 0.632. The highest BCUT2D eigenvalue weighted by Gasteiger charge is 2.14. The van der Waals surface area contributed by atoms with Gasteiger partial charge in [0.1, 0.15) is 5.01 Å². The largest absolute Gasteiger partial charge is 0.469 e. The van der Waals surface area contributed by atoms with E-state index in [1.54, 1.807) is 0 Å². The maximum Gasteiger partial charge on any atom is 0.294 e. The Kier molecular flexibility index (Phi) is 3.31. The zero-order valence-corrected chi connectivity index (χ0v) is 9.14. The molecule has 0 aromatic carbocycles. The third-order valence-electron chi connectivity index (χ3n) is 2.35. The van der Waals surface area contributed by atoms with Gasteiger partial charge in [-0.2, -0.15) is 0 Å². The van der Waals surface area contributed by atoms with Crippen molar-refractivity contribution in [1.29, 1.82) is 0 Å². The molecule has 1 atom stereocenters. The predicted octanol–water partition coefficient (Wildman–Crippen LogP) is 1.22. The standard InChI is InChI=1S/C9H15N3OS/c1-7-11-12-9(14-7)13-6-8-3-2-4-10-5-8/h8,10H,2-6H2,1H3. The summed E-state index contributed by atoms with van der Waals surface area (Å²) in [4.78, 5) is 0. The monoisotopic (exact) mass is 213 g/mol. The number of aromatic nitrogens is 2. The quantitative estimate of drug-likeness (QED) is 0.820. The lowest BCUT2D eigenvalue weighted by atomic mass is 10.0. The fourth-order valence-electron chi connectivity index (χ4n) is 1.59. The van der Waals surface area contributed by atoms with Gasteiger partial charge in [-0.25, -0.2) is 0 Å². The van der Waals surface area contributed by atoms with Crippen LogP contribution in [-0.4, -0.2) is 29.9 Å². The summed E-state index contributed by atoms with van der Waals surface area (Å²) in [7, 11) is 0. The SMILES string of the molecule is Cc1nnc(OCC2CCCNC2)s1. The molecule has 1 aromatic rings. The van der Waals surface area contributed by atoms with E-state index in [-0.39, 0.29) is 0 Å². The summed E-state index contributed by atoms with van der Waals surface area (Å²) in [6, 6.07) is 0. The molecule has 0 spiro atoms. The molecule has 1 aliphatic rings. The normalized spacial score (nSPS) is 22.2. The fourth-order valence-corrected chi connectivity index (χ4v) is 2.14. The second-order valence-electron chi connectivity index (χ2n) is 3.61. The van der Waals surface area contributed by atoms with Crippen molar-refractivity contribution in [3.05, 3.63) is 5.01 Å². The molecule has 14 heavy (non-hydrogen) atoms. The van der Waals surface area contributed by atoms with E-state index >= 15 is 0 Å². The number of aryl methyl sites for hydroxylation is 1. The van der Waals surface area contributed by atoms with Crippen LogP contribution in [0.2, 0.25) is 0 Å². The predicted molar refractivity (Wildman–Crippen MR) is 55.7 cm³/mol. The van der Waals surface area contributed by atoms with Crippen LogP contribution in [0.15, 0.2) is 0 Å². The summed E-state index contributed by atoms with van der Waals surface area (Å²) in [5, 5.41) is 12.9. The van der Waals surface area contributed by atoms with Crippen molar-refractivity contribution >= 4 is 11.3 Å². The molecule has 2 heterocycles. The molecule has 0 radical (unpaired) electrons. The number of hydrogen-bond acceptors (Lipinski definition) is 5. The van der Waals surface area contributed by atoms with Gasteiger partial charge < -0.3 is 10.1 Å². The van der Waals surface area contributed by atoms with Gasteiger partial charge in [-0.1, -0.05) is 11.3 Å². The third-order valence-corrected chi connectivity index (χ3v) is 3.10. The first-order chi connectivity index (χ1) is 6.84. The van der Waals surface area contributed by atoms with Crippen molar-refractivity contribution in [3.8, 4) is 5.19 Å². The zero-order chi connectivity index (χ0) is 9.80. The van der Waals surface area contributed by atoms with Crippen molar-refractivity contribution in [3.63, 3.8) is 0 Å². The maximum atomic E-state index is 5.57. The lowest BCUT2D eigenvalue weighted by molar-refractivity contribution is 0.216. The highest BCUT2D eigenvalue weighted by atomic mass is 32.1. The molecule has 0 aliphatic carbocycles. The minimum Gasteiger partial charge on any atom is -0.469 e. The lowest BCUT2D eigenvalue weighted by Crippen LogP contribution is -2.33. The van der Waals surface area contributed by atoms with Crippen molar-refractivity contribution in [2.75, 3.05) is 19.7 Å². The van der Waals surface area contributed by atoms with Gasteiger partial charge in [-0.15, -0.1) is 10.2 Å². The van der Waals surface area contributed by atoms with Crippen LogP contribution in [0.4, 0.5) is 0 Å². The van der Waals surface area contributed by atoms with Gasteiger partial charge in [-0.3, -0.25) is 0 Å². The van der Waals surface area contributed by atoms with Crippen LogP contribution in [0.3, 0.4) is 0 Å². The first kappa shape index (κ1) is 9.86. The minimum atomic E-state index is 0.632. The first-order valence-electron chi connectivity index (χ1n) is 4.98. The van der Waals surface area contributed by atoms with E-state index in [1.807, 2.05) is 6.92 Å². The average molecular weight is 213 g/mol. The first-order valence-corrected chi connectivity index (χ1v) is 5.80. The zero-order valence-electron chi connectivity index (χ0n) is 8.32. The van der Waals surface area contributed by atoms with E-state index in [1.165, 1.54) is 24.2 Å². The van der Waals surface area contributed by atoms with Gasteiger partial charge in [0.15, 0.2) is 0 Å². The molecule has 1 aliphatic heterocycles. The van der Waals surface area contributed by atoms with E-state index in [0.717, 1.165) is 24.7 Å². The van der Waals surface area contributed by atoms with Crippen LogP contribution in [0.25, 0.3) is 0 Å². The van der Waals surface area contributed by atoms with Crippen LogP contribution < -0.4 is 10.1 Å². The minimum absolute atomic E-state index is 0.632. The molecule has 4 nitrogen and oxygen atoms in total. The molecule has 1 N–H and O–H groups in total. The maximum absolute atomic E-state index is 5.57. The molecule has 0 amide bonds. The Morgan fingerprint density at radius 1 is 1.57 bits per heavy atom. The van der Waals surface area contributed by atoms with Crippen LogP contribution >= 0.6 is 11.3 Å². The van der Waals surface area contributed by atoms with E-state index in [0.29, 0.717) is 11.1 Å². The topological polar surface area (TPSA) is 47.0 Å². The van der Waals surface area contributed by atoms with E-state index in [9.17, 15) is 0 Å². The Bertz CT molecular complexity index is 283. The Morgan fingerprint density at radius 3 is 3.14 bits per heavy atom. The second-order valence-corrected chi connectivity index (χ2v) is 4.75. The molecule has 0 bridgehead atoms. The fraction of sp³-hybridized carbons (Fsp3) is 0.778. The smallest absolute Gasteiger partial charge is 0.294 e. The van der Waals surface area contributed by atoms with Crippen LogP contribution in [0.5, 0.6) is 5.19 Å². The Labute approximate surface area is 87.7 Å². The van der Waals surface area contributed by atoms with Gasteiger partial charge in [0.25, 0.3) is 5.19 Å². The molecule has 2 rings (SSSR count). The lowest BCUT2D eigenvalue weighted by Gasteiger charge is -2.21. The van der Waals surface area contributed by atoms with Gasteiger partial charge in [0, 0.05) is 12.5 Å². The average Bonchev–Trinajstić information content (AvgIpc) is 2.63. The number of piperidine rings is 1. The van der Waals surface area contributed by atoms with E-state index < -0.39 is 0 Å². The van der Waals surface area contributed by atoms with Gasteiger partial charge in [0.05, 0.1) is 6.61 Å². The number of hydrogen-bond donors (Lipinski definition) is 1. The van der Waals surface area contributed by atoms with Gasteiger partial charge in [0.2, 0.25) is 0 Å². The summed E-state index contributed by atoms with van der Waals surface area (Å²) in [6.07, 6.45) is 2.51. The molecular weight excluding hydrogens is 198 g/mol. The molecule has 5 heteroatoms. The van der Waals surface area contributed by atoms with Gasteiger partial charge >= 0.3 is 0 Å². The van der Waals surface area contributed by atoms with Crippen molar-refractivity contribution < 1.29 is 4.74 Å². The van der Waals surface area contributed by atoms with Crippen molar-refractivity contribution in [1.82, 2.24) is 15.5 Å². The number of rotatable bonds is 3. The van der Waals surface area contributed by atoms with E-state index in [2.05, 4.69) is 15.5 Å². The number of nitrogens with one attached hydrogen (secondary N) is 1. The van der Waals surface area contributed by atoms with Crippen LogP contribution in [0.1, 0.15) is 17.8 Å². The number of ether oxygens (including phenoxy) is 1. The molecular formula is C9H15N3OS. The Balaban J connectivity index is 1.76. The number of nitrogens with zero attached hydrogens (tertiary/aromatic N) is 2. The summed E-state index contributed by atoms with van der Waals surface area (Å²) in [5.41, 5.74) is 0. The van der Waals surface area contributed by atoms with Crippen molar-refractivity contribution in [2.45, 2.75) is 19.8 Å². The highest BCUT2D eigenvalue weighted by Crippen LogP contribution is 2.18. The third kappa shape index (κ3) is 2.65. The van der Waals surface area contributed by atoms with Crippen LogP contribution in [0, 0.1) is 12.8 Å². The molecule has 1 aromatic heterocycles. The van der Waals surface area contributed by atoms with Crippen LogP contribution in [-0.2, 0) is 0 Å². The molecule has 1 fully saturated rings. The molecule has 0 saturated carbocycles. The molecule has 78 valence electrons. The highest BCUT2D eigenvalue weighted by molar-refractivity contribution is 7.12. The Hall–Kier alpha value is -0.680. The van der Waals surface area contributed by atoms with Crippen molar-refractivity contribution in [2.24, 2.45) is 5.92 Å². The summed E-state index contributed by atoms with van der Waals surface area (Å²) < 4.78 is 5.57. The van der Waals surface area contributed by atoms with E-state index in [4.69, 9.17) is 4.74 Å². The Morgan fingerprint density at radius 2 is 2.50 bits per heavy atom. The van der Waals surface area contributed by atoms with Gasteiger partial charge in [-0.05, 0) is 26.3 Å². The second kappa shape index (κ2) is 4.70. The summed E-state index contributed by atoms with van der Waals surface area (Å²) in [6.45, 7) is 4.92. The molecule has 1 unspecified atom stereocenters. The summed E-state index contributed by atoms with van der Waals surface area (Å²) >= 11 is 1.51. The molecule has 1 saturated heterocycles.